The number of aryl methyl sites for hydroxylation is 2. The van der Waals surface area contributed by atoms with Crippen molar-refractivity contribution in [2.75, 3.05) is 5.32 Å². The highest BCUT2D eigenvalue weighted by Gasteiger charge is 1.98. The van der Waals surface area contributed by atoms with Crippen LogP contribution in [0.1, 0.15) is 11.3 Å². The van der Waals surface area contributed by atoms with Crippen molar-refractivity contribution in [2.24, 2.45) is 0 Å². The van der Waals surface area contributed by atoms with E-state index in [1.807, 2.05) is 37.6 Å². The smallest absolute Gasteiger partial charge is 0.188 e. The van der Waals surface area contributed by atoms with E-state index in [9.17, 15) is 0 Å². The maximum absolute atomic E-state index is 4.30. The fourth-order valence-corrected chi connectivity index (χ4v) is 1.76. The Morgan fingerprint density at radius 2 is 2.14 bits per heavy atom. The zero-order valence-electron chi connectivity index (χ0n) is 8.11. The normalized spacial score (nSPS) is 10.1. The number of hydrogen-bond donors (Lipinski definition) is 1. The van der Waals surface area contributed by atoms with Crippen LogP contribution in [0.5, 0.6) is 0 Å². The lowest BCUT2D eigenvalue weighted by Crippen LogP contribution is -1.92. The maximum Gasteiger partial charge on any atom is 0.188 e. The standard InChI is InChI=1S/C10H11N3S/c1-7-3-4-9(11-5-7)13-10-12-8(2)6-14-10/h3-6H,1-2H3,(H,11,12,13). The quantitative estimate of drug-likeness (QED) is 0.819. The topological polar surface area (TPSA) is 37.8 Å². The van der Waals surface area contributed by atoms with Crippen LogP contribution in [0.2, 0.25) is 0 Å². The average Bonchev–Trinajstić information content (AvgIpc) is 2.56. The molecule has 4 heteroatoms. The number of nitrogens with one attached hydrogen (secondary N) is 1. The summed E-state index contributed by atoms with van der Waals surface area (Å²) in [5, 5.41) is 6.05. The highest BCUT2D eigenvalue weighted by molar-refractivity contribution is 7.13. The molecule has 2 aromatic rings. The van der Waals surface area contributed by atoms with Gasteiger partial charge in [-0.3, -0.25) is 0 Å². The molecule has 0 saturated carbocycles. The first kappa shape index (κ1) is 9.15. The highest BCUT2D eigenvalue weighted by atomic mass is 32.1. The van der Waals surface area contributed by atoms with Crippen molar-refractivity contribution in [1.82, 2.24) is 9.97 Å². The molecule has 0 aliphatic heterocycles. The summed E-state index contributed by atoms with van der Waals surface area (Å²) in [6.45, 7) is 3.99. The molecule has 0 unspecified atom stereocenters. The van der Waals surface area contributed by atoms with Crippen LogP contribution in [-0.2, 0) is 0 Å². The molecule has 72 valence electrons. The van der Waals surface area contributed by atoms with Gasteiger partial charge in [-0.15, -0.1) is 11.3 Å². The summed E-state index contributed by atoms with van der Waals surface area (Å²) in [5.74, 6) is 0.838. The van der Waals surface area contributed by atoms with Crippen LogP contribution in [0, 0.1) is 13.8 Å². The minimum Gasteiger partial charge on any atom is -0.316 e. The Bertz CT molecular complexity index is 419. The van der Waals surface area contributed by atoms with Gasteiger partial charge in [0.05, 0.1) is 5.69 Å². The van der Waals surface area contributed by atoms with Gasteiger partial charge in [0.15, 0.2) is 5.13 Å². The van der Waals surface area contributed by atoms with Crippen molar-refractivity contribution < 1.29 is 0 Å². The molecule has 2 heterocycles. The molecule has 3 nitrogen and oxygen atoms in total. The van der Waals surface area contributed by atoms with Gasteiger partial charge in [-0.25, -0.2) is 9.97 Å². The summed E-state index contributed by atoms with van der Waals surface area (Å²) < 4.78 is 0. The van der Waals surface area contributed by atoms with E-state index in [4.69, 9.17) is 0 Å². The van der Waals surface area contributed by atoms with Gasteiger partial charge in [-0.2, -0.15) is 0 Å². The van der Waals surface area contributed by atoms with Crippen LogP contribution in [0.4, 0.5) is 10.9 Å². The van der Waals surface area contributed by atoms with Crippen LogP contribution in [-0.4, -0.2) is 9.97 Å². The monoisotopic (exact) mass is 205 g/mol. The minimum absolute atomic E-state index is 0.838. The van der Waals surface area contributed by atoms with Gasteiger partial charge in [0, 0.05) is 11.6 Å². The van der Waals surface area contributed by atoms with Gasteiger partial charge in [0.1, 0.15) is 5.82 Å². The summed E-state index contributed by atoms with van der Waals surface area (Å²) in [5.41, 5.74) is 2.19. The lowest BCUT2D eigenvalue weighted by atomic mass is 10.3. The van der Waals surface area contributed by atoms with Crippen LogP contribution >= 0.6 is 11.3 Å². The second-order valence-electron chi connectivity index (χ2n) is 3.14. The zero-order valence-corrected chi connectivity index (χ0v) is 8.93. The molecule has 14 heavy (non-hydrogen) atoms. The van der Waals surface area contributed by atoms with E-state index < -0.39 is 0 Å². The summed E-state index contributed by atoms with van der Waals surface area (Å²) in [6.07, 6.45) is 1.84. The molecule has 2 rings (SSSR count). The van der Waals surface area contributed by atoms with Crippen molar-refractivity contribution in [3.63, 3.8) is 0 Å². The van der Waals surface area contributed by atoms with E-state index in [1.54, 1.807) is 11.3 Å². The van der Waals surface area contributed by atoms with Crippen LogP contribution in [0.25, 0.3) is 0 Å². The number of rotatable bonds is 2. The average molecular weight is 205 g/mol. The molecule has 1 N–H and O–H groups in total. The van der Waals surface area contributed by atoms with Crippen LogP contribution in [0.15, 0.2) is 23.7 Å². The molecule has 0 bridgehead atoms. The van der Waals surface area contributed by atoms with Crippen LogP contribution in [0.3, 0.4) is 0 Å². The molecule has 0 aliphatic rings. The third kappa shape index (κ3) is 2.09. The molecule has 0 radical (unpaired) electrons. The zero-order chi connectivity index (χ0) is 9.97. The van der Waals surface area contributed by atoms with Crippen molar-refractivity contribution in [1.29, 1.82) is 0 Å². The molecular formula is C10H11N3S. The molecule has 0 aromatic carbocycles. The Kier molecular flexibility index (Phi) is 2.45. The number of hydrogen-bond acceptors (Lipinski definition) is 4. The Morgan fingerprint density at radius 1 is 1.29 bits per heavy atom. The third-order valence-corrected chi connectivity index (χ3v) is 2.64. The first-order valence-electron chi connectivity index (χ1n) is 4.36. The first-order valence-corrected chi connectivity index (χ1v) is 5.24. The van der Waals surface area contributed by atoms with Gasteiger partial charge in [-0.1, -0.05) is 6.07 Å². The summed E-state index contributed by atoms with van der Waals surface area (Å²) in [7, 11) is 0. The van der Waals surface area contributed by atoms with Crippen molar-refractivity contribution in [3.05, 3.63) is 35.0 Å². The Hall–Kier alpha value is -1.42. The van der Waals surface area contributed by atoms with Gasteiger partial charge in [-0.05, 0) is 25.5 Å². The van der Waals surface area contributed by atoms with E-state index >= 15 is 0 Å². The maximum atomic E-state index is 4.30. The number of anilines is 2. The Morgan fingerprint density at radius 3 is 2.71 bits per heavy atom. The number of thiazole rings is 1. The highest BCUT2D eigenvalue weighted by Crippen LogP contribution is 2.18. The summed E-state index contributed by atoms with van der Waals surface area (Å²) >= 11 is 1.59. The van der Waals surface area contributed by atoms with E-state index in [0.717, 1.165) is 22.2 Å². The predicted octanol–water partition coefficient (Wildman–Crippen LogP) is 2.90. The Balaban J connectivity index is 2.15. The predicted molar refractivity (Wildman–Crippen MR) is 59.1 cm³/mol. The van der Waals surface area contributed by atoms with E-state index in [1.165, 1.54) is 0 Å². The van der Waals surface area contributed by atoms with Gasteiger partial charge < -0.3 is 5.32 Å². The van der Waals surface area contributed by atoms with Gasteiger partial charge in [0.2, 0.25) is 0 Å². The molecule has 0 fully saturated rings. The van der Waals surface area contributed by atoms with Crippen molar-refractivity contribution >= 4 is 22.3 Å². The molecule has 2 aromatic heterocycles. The molecule has 0 spiro atoms. The number of pyridine rings is 1. The van der Waals surface area contributed by atoms with E-state index in [-0.39, 0.29) is 0 Å². The third-order valence-electron chi connectivity index (χ3n) is 1.77. The van der Waals surface area contributed by atoms with E-state index in [0.29, 0.717) is 0 Å². The fourth-order valence-electron chi connectivity index (χ4n) is 1.06. The molecular weight excluding hydrogens is 194 g/mol. The first-order chi connectivity index (χ1) is 6.74. The minimum atomic E-state index is 0.838. The second kappa shape index (κ2) is 3.75. The lowest BCUT2D eigenvalue weighted by Gasteiger charge is -2.00. The number of nitrogens with zero attached hydrogens (tertiary/aromatic N) is 2. The molecule has 0 aliphatic carbocycles. The fraction of sp³-hybridized carbons (Fsp3) is 0.200. The van der Waals surface area contributed by atoms with Crippen molar-refractivity contribution in [3.8, 4) is 0 Å². The van der Waals surface area contributed by atoms with Crippen molar-refractivity contribution in [2.45, 2.75) is 13.8 Å². The summed E-state index contributed by atoms with van der Waals surface area (Å²) in [4.78, 5) is 8.53. The molecule has 0 saturated heterocycles. The van der Waals surface area contributed by atoms with Gasteiger partial charge >= 0.3 is 0 Å². The Labute approximate surface area is 86.8 Å². The largest absolute Gasteiger partial charge is 0.316 e. The number of aromatic nitrogens is 2. The second-order valence-corrected chi connectivity index (χ2v) is 4.00. The molecule has 0 amide bonds. The lowest BCUT2D eigenvalue weighted by molar-refractivity contribution is 1.22. The summed E-state index contributed by atoms with van der Waals surface area (Å²) in [6, 6.07) is 3.97. The van der Waals surface area contributed by atoms with E-state index in [2.05, 4.69) is 15.3 Å². The van der Waals surface area contributed by atoms with Crippen LogP contribution < -0.4 is 5.32 Å². The van der Waals surface area contributed by atoms with Gasteiger partial charge in [0.25, 0.3) is 0 Å². The SMILES string of the molecule is Cc1ccc(Nc2nc(C)cs2)nc1. The molecule has 0 atom stereocenters.